The third-order valence-electron chi connectivity index (χ3n) is 3.77. The second-order valence-electron chi connectivity index (χ2n) is 6.16. The molecule has 1 aromatic carbocycles. The number of halogens is 1. The highest BCUT2D eigenvalue weighted by molar-refractivity contribution is 14.0. The summed E-state index contributed by atoms with van der Waals surface area (Å²) in [5, 5.41) is 11.5. The number of guanidine groups is 1. The first kappa shape index (κ1) is 22.1. The predicted molar refractivity (Wildman–Crippen MR) is 118 cm³/mol. The van der Waals surface area contributed by atoms with Gasteiger partial charge in [-0.2, -0.15) is 0 Å². The summed E-state index contributed by atoms with van der Waals surface area (Å²) in [6, 6.07) is 10.4. The summed E-state index contributed by atoms with van der Waals surface area (Å²) in [5.74, 6) is 1.87. The van der Waals surface area contributed by atoms with Gasteiger partial charge in [-0.05, 0) is 12.5 Å². The highest BCUT2D eigenvalue weighted by atomic mass is 127. The maximum absolute atomic E-state index is 4.67. The molecule has 2 aromatic rings. The fourth-order valence-electron chi connectivity index (χ4n) is 2.48. The van der Waals surface area contributed by atoms with Gasteiger partial charge in [0.05, 0.1) is 6.54 Å². The van der Waals surface area contributed by atoms with Gasteiger partial charge in [0.15, 0.2) is 5.96 Å². The number of benzene rings is 1. The van der Waals surface area contributed by atoms with Crippen molar-refractivity contribution in [2.45, 2.75) is 33.4 Å². The number of rotatable bonds is 8. The molecule has 7 heteroatoms. The second-order valence-corrected chi connectivity index (χ2v) is 6.16. The lowest BCUT2D eigenvalue weighted by atomic mass is 10.2. The summed E-state index contributed by atoms with van der Waals surface area (Å²) in [4.78, 5) is 6.80. The molecule has 142 valence electrons. The minimum atomic E-state index is 0. The zero-order valence-electron chi connectivity index (χ0n) is 15.9. The molecule has 0 saturated carbocycles. The molecule has 0 radical (unpaired) electrons. The SMILES string of the molecule is C=C(C)CN=C(NCCn1cnnc1CC)N(C)Cc1ccccc1.I. The average Bonchev–Trinajstić information content (AvgIpc) is 3.06. The summed E-state index contributed by atoms with van der Waals surface area (Å²) >= 11 is 0. The number of aromatic nitrogens is 3. The normalized spacial score (nSPS) is 11.0. The zero-order valence-corrected chi connectivity index (χ0v) is 18.2. The Morgan fingerprint density at radius 2 is 2.04 bits per heavy atom. The molecule has 0 saturated heterocycles. The van der Waals surface area contributed by atoms with Crippen LogP contribution in [0.3, 0.4) is 0 Å². The van der Waals surface area contributed by atoms with Crippen LogP contribution < -0.4 is 5.32 Å². The Balaban J connectivity index is 0.00000338. The summed E-state index contributed by atoms with van der Waals surface area (Å²) in [6.07, 6.45) is 2.66. The number of aryl methyl sites for hydroxylation is 1. The van der Waals surface area contributed by atoms with Crippen LogP contribution in [-0.4, -0.2) is 45.8 Å². The van der Waals surface area contributed by atoms with Crippen molar-refractivity contribution in [1.29, 1.82) is 0 Å². The van der Waals surface area contributed by atoms with E-state index in [0.717, 1.165) is 43.4 Å². The van der Waals surface area contributed by atoms with Crippen LogP contribution in [0, 0.1) is 0 Å². The van der Waals surface area contributed by atoms with E-state index in [0.29, 0.717) is 6.54 Å². The summed E-state index contributed by atoms with van der Waals surface area (Å²) < 4.78 is 2.07. The van der Waals surface area contributed by atoms with Crippen molar-refractivity contribution in [3.8, 4) is 0 Å². The van der Waals surface area contributed by atoms with Gasteiger partial charge < -0.3 is 14.8 Å². The lowest BCUT2D eigenvalue weighted by Gasteiger charge is -2.23. The molecule has 0 unspecified atom stereocenters. The Bertz CT molecular complexity index is 695. The van der Waals surface area contributed by atoms with Crippen molar-refractivity contribution < 1.29 is 0 Å². The van der Waals surface area contributed by atoms with E-state index in [4.69, 9.17) is 0 Å². The standard InChI is InChI=1S/C19H28N6.HI/c1-5-18-23-22-15-25(18)12-11-20-19(21-13-16(2)3)24(4)14-17-9-7-6-8-10-17;/h6-10,15H,2,5,11-14H2,1,3-4H3,(H,20,21);1H. The van der Waals surface area contributed by atoms with Crippen molar-refractivity contribution in [1.82, 2.24) is 25.0 Å². The van der Waals surface area contributed by atoms with E-state index in [9.17, 15) is 0 Å². The van der Waals surface area contributed by atoms with Gasteiger partial charge in [-0.25, -0.2) is 4.99 Å². The lowest BCUT2D eigenvalue weighted by molar-refractivity contribution is 0.471. The van der Waals surface area contributed by atoms with E-state index in [1.807, 2.05) is 20.0 Å². The van der Waals surface area contributed by atoms with Gasteiger partial charge in [0, 0.05) is 33.1 Å². The van der Waals surface area contributed by atoms with E-state index >= 15 is 0 Å². The van der Waals surface area contributed by atoms with Crippen LogP contribution in [0.15, 0.2) is 53.8 Å². The summed E-state index contributed by atoms with van der Waals surface area (Å²) in [5.41, 5.74) is 2.29. The summed E-state index contributed by atoms with van der Waals surface area (Å²) in [7, 11) is 2.05. The van der Waals surface area contributed by atoms with E-state index < -0.39 is 0 Å². The predicted octanol–water partition coefficient (Wildman–Crippen LogP) is 3.11. The monoisotopic (exact) mass is 468 g/mol. The molecule has 26 heavy (non-hydrogen) atoms. The van der Waals surface area contributed by atoms with Crippen LogP contribution in [-0.2, 0) is 19.5 Å². The number of aliphatic imine (C=N–C) groups is 1. The Morgan fingerprint density at radius 3 is 2.69 bits per heavy atom. The Labute approximate surface area is 173 Å². The van der Waals surface area contributed by atoms with Crippen molar-refractivity contribution in [3.63, 3.8) is 0 Å². The molecular weight excluding hydrogens is 439 g/mol. The Kier molecular flexibility index (Phi) is 9.93. The van der Waals surface area contributed by atoms with Gasteiger partial charge in [-0.15, -0.1) is 34.2 Å². The smallest absolute Gasteiger partial charge is 0.194 e. The van der Waals surface area contributed by atoms with Crippen molar-refractivity contribution >= 4 is 29.9 Å². The molecule has 0 fully saturated rings. The first-order valence-corrected chi connectivity index (χ1v) is 8.64. The van der Waals surface area contributed by atoms with Crippen LogP contribution in [0.2, 0.25) is 0 Å². The third kappa shape index (κ3) is 7.15. The highest BCUT2D eigenvalue weighted by Crippen LogP contribution is 2.03. The van der Waals surface area contributed by atoms with Crippen LogP contribution >= 0.6 is 24.0 Å². The minimum absolute atomic E-state index is 0. The second kappa shape index (κ2) is 11.7. The van der Waals surface area contributed by atoms with E-state index in [2.05, 4.69) is 67.7 Å². The van der Waals surface area contributed by atoms with Gasteiger partial charge in [0.25, 0.3) is 0 Å². The summed E-state index contributed by atoms with van der Waals surface area (Å²) in [6.45, 7) is 11.0. The molecule has 0 atom stereocenters. The largest absolute Gasteiger partial charge is 0.354 e. The highest BCUT2D eigenvalue weighted by Gasteiger charge is 2.08. The van der Waals surface area contributed by atoms with Crippen molar-refractivity contribution in [2.24, 2.45) is 4.99 Å². The maximum atomic E-state index is 4.67. The minimum Gasteiger partial charge on any atom is -0.354 e. The number of hydrogen-bond donors (Lipinski definition) is 1. The van der Waals surface area contributed by atoms with Crippen molar-refractivity contribution in [3.05, 3.63) is 60.2 Å². The zero-order chi connectivity index (χ0) is 18.1. The first-order chi connectivity index (χ1) is 12.1. The lowest BCUT2D eigenvalue weighted by Crippen LogP contribution is -2.40. The van der Waals surface area contributed by atoms with Gasteiger partial charge in [-0.3, -0.25) is 0 Å². The van der Waals surface area contributed by atoms with Crippen LogP contribution in [0.25, 0.3) is 0 Å². The molecule has 1 N–H and O–H groups in total. The average molecular weight is 468 g/mol. The number of hydrogen-bond acceptors (Lipinski definition) is 3. The van der Waals surface area contributed by atoms with Crippen LogP contribution in [0.4, 0.5) is 0 Å². The fraction of sp³-hybridized carbons (Fsp3) is 0.421. The quantitative estimate of drug-likeness (QED) is 0.280. The van der Waals surface area contributed by atoms with Gasteiger partial charge in [-0.1, -0.05) is 49.4 Å². The molecule has 0 aliphatic heterocycles. The first-order valence-electron chi connectivity index (χ1n) is 8.64. The van der Waals surface area contributed by atoms with E-state index in [-0.39, 0.29) is 24.0 Å². The molecule has 6 nitrogen and oxygen atoms in total. The van der Waals surface area contributed by atoms with Gasteiger partial charge in [0.2, 0.25) is 0 Å². The Hall–Kier alpha value is -1.90. The molecule has 1 aromatic heterocycles. The molecular formula is C19H29IN6. The van der Waals surface area contributed by atoms with Crippen LogP contribution in [0.1, 0.15) is 25.2 Å². The van der Waals surface area contributed by atoms with Crippen molar-refractivity contribution in [2.75, 3.05) is 20.1 Å². The third-order valence-corrected chi connectivity index (χ3v) is 3.77. The Morgan fingerprint density at radius 1 is 1.31 bits per heavy atom. The molecule has 0 amide bonds. The number of nitrogens with one attached hydrogen (secondary N) is 1. The molecule has 2 rings (SSSR count). The fourth-order valence-corrected chi connectivity index (χ4v) is 2.48. The molecule has 0 aliphatic rings. The van der Waals surface area contributed by atoms with E-state index in [1.54, 1.807) is 6.33 Å². The molecule has 0 aliphatic carbocycles. The van der Waals surface area contributed by atoms with Crippen LogP contribution in [0.5, 0.6) is 0 Å². The molecule has 1 heterocycles. The molecule has 0 bridgehead atoms. The maximum Gasteiger partial charge on any atom is 0.194 e. The van der Waals surface area contributed by atoms with E-state index in [1.165, 1.54) is 5.56 Å². The van der Waals surface area contributed by atoms with Gasteiger partial charge in [0.1, 0.15) is 12.2 Å². The molecule has 0 spiro atoms. The topological polar surface area (TPSA) is 58.3 Å². The number of nitrogens with zero attached hydrogens (tertiary/aromatic N) is 5. The van der Waals surface area contributed by atoms with Gasteiger partial charge >= 0.3 is 0 Å².